The molecule has 0 unspecified atom stereocenters. The first-order valence-corrected chi connectivity index (χ1v) is 6.80. The van der Waals surface area contributed by atoms with Gasteiger partial charge in [0.05, 0.1) is 24.5 Å². The predicted molar refractivity (Wildman–Crippen MR) is 80.8 cm³/mol. The Morgan fingerprint density at radius 1 is 1.25 bits per heavy atom. The molecule has 0 aromatic carbocycles. The van der Waals surface area contributed by atoms with E-state index in [-0.39, 0.29) is 0 Å². The van der Waals surface area contributed by atoms with Gasteiger partial charge < -0.3 is 15.8 Å². The number of pyridine rings is 2. The number of aryl methyl sites for hydroxylation is 1. The van der Waals surface area contributed by atoms with E-state index in [1.165, 1.54) is 5.56 Å². The van der Waals surface area contributed by atoms with E-state index < -0.39 is 0 Å². The van der Waals surface area contributed by atoms with Crippen LogP contribution in [0, 0.1) is 0 Å². The Morgan fingerprint density at radius 2 is 2.10 bits per heavy atom. The van der Waals surface area contributed by atoms with Gasteiger partial charge >= 0.3 is 0 Å². The molecule has 0 radical (unpaired) electrons. The molecule has 0 amide bonds. The fourth-order valence-corrected chi connectivity index (χ4v) is 1.93. The van der Waals surface area contributed by atoms with Gasteiger partial charge in [0.25, 0.3) is 0 Å². The van der Waals surface area contributed by atoms with Gasteiger partial charge in [-0.2, -0.15) is 4.98 Å². The molecule has 0 atom stereocenters. The van der Waals surface area contributed by atoms with Crippen LogP contribution in [0.2, 0.25) is 0 Å². The first-order valence-electron chi connectivity index (χ1n) is 6.80. The molecule has 2 aromatic rings. The summed E-state index contributed by atoms with van der Waals surface area (Å²) in [6.45, 7) is 5.20. The number of ether oxygens (including phenoxy) is 1. The molecular formula is C15H20N4O. The average molecular weight is 272 g/mol. The zero-order chi connectivity index (χ0) is 14.4. The fraction of sp³-hybridized carbons (Fsp3) is 0.333. The van der Waals surface area contributed by atoms with Crippen molar-refractivity contribution < 1.29 is 4.74 Å². The van der Waals surface area contributed by atoms with Crippen molar-refractivity contribution >= 4 is 11.5 Å². The smallest absolute Gasteiger partial charge is 0.239 e. The fourth-order valence-electron chi connectivity index (χ4n) is 1.93. The van der Waals surface area contributed by atoms with Crippen LogP contribution in [0.1, 0.15) is 25.1 Å². The molecule has 0 bridgehead atoms. The minimum absolute atomic E-state index is 0.467. The van der Waals surface area contributed by atoms with Crippen LogP contribution in [0.5, 0.6) is 5.88 Å². The minimum Gasteiger partial charge on any atom is -0.476 e. The number of nitrogen functional groups attached to an aromatic ring is 1. The third kappa shape index (κ3) is 3.38. The molecule has 5 nitrogen and oxygen atoms in total. The van der Waals surface area contributed by atoms with Gasteiger partial charge in [-0.3, -0.25) is 4.98 Å². The summed E-state index contributed by atoms with van der Waals surface area (Å²) in [6.07, 6.45) is 2.77. The monoisotopic (exact) mass is 272 g/mol. The van der Waals surface area contributed by atoms with Gasteiger partial charge in [0.15, 0.2) is 0 Å². The maximum atomic E-state index is 5.80. The Kier molecular flexibility index (Phi) is 4.76. The van der Waals surface area contributed by atoms with Crippen LogP contribution >= 0.6 is 0 Å². The molecule has 0 fully saturated rings. The lowest BCUT2D eigenvalue weighted by molar-refractivity contribution is 0.329. The van der Waals surface area contributed by atoms with Crippen molar-refractivity contribution in [2.24, 2.45) is 0 Å². The summed E-state index contributed by atoms with van der Waals surface area (Å²) < 4.78 is 5.38. The molecule has 20 heavy (non-hydrogen) atoms. The molecular weight excluding hydrogens is 252 g/mol. The highest BCUT2D eigenvalue weighted by molar-refractivity contribution is 5.53. The minimum atomic E-state index is 0.467. The van der Waals surface area contributed by atoms with E-state index in [9.17, 15) is 0 Å². The summed E-state index contributed by atoms with van der Waals surface area (Å²) in [5, 5.41) is 3.25. The Balaban J connectivity index is 2.09. The number of aromatic nitrogens is 2. The average Bonchev–Trinajstić information content (AvgIpc) is 2.48. The number of nitrogens with zero attached hydrogens (tertiary/aromatic N) is 2. The van der Waals surface area contributed by atoms with Crippen LogP contribution in [0.3, 0.4) is 0 Å². The lowest BCUT2D eigenvalue weighted by Gasteiger charge is -2.11. The summed E-state index contributed by atoms with van der Waals surface area (Å²) in [5.41, 5.74) is 8.62. The molecule has 2 heterocycles. The van der Waals surface area contributed by atoms with Gasteiger partial charge in [-0.25, -0.2) is 0 Å². The van der Waals surface area contributed by atoms with E-state index in [1.54, 1.807) is 12.3 Å². The topological polar surface area (TPSA) is 73.1 Å². The molecule has 0 aliphatic heterocycles. The van der Waals surface area contributed by atoms with Crippen molar-refractivity contribution in [3.63, 3.8) is 0 Å². The highest BCUT2D eigenvalue weighted by Gasteiger charge is 2.05. The van der Waals surface area contributed by atoms with Crippen LogP contribution in [0.15, 0.2) is 30.5 Å². The van der Waals surface area contributed by atoms with Crippen molar-refractivity contribution in [1.82, 2.24) is 9.97 Å². The van der Waals surface area contributed by atoms with Crippen LogP contribution < -0.4 is 15.8 Å². The SMILES string of the molecule is CCOc1nc(NCc2ncccc2CC)ccc1N. The van der Waals surface area contributed by atoms with Crippen molar-refractivity contribution in [1.29, 1.82) is 0 Å². The van der Waals surface area contributed by atoms with Crippen LogP contribution in [-0.2, 0) is 13.0 Å². The van der Waals surface area contributed by atoms with Crippen molar-refractivity contribution in [3.8, 4) is 5.88 Å². The Labute approximate surface area is 119 Å². The summed E-state index contributed by atoms with van der Waals surface area (Å²) in [5.74, 6) is 1.20. The van der Waals surface area contributed by atoms with E-state index in [4.69, 9.17) is 10.5 Å². The molecule has 2 rings (SSSR count). The predicted octanol–water partition coefficient (Wildman–Crippen LogP) is 2.63. The third-order valence-electron chi connectivity index (χ3n) is 2.97. The molecule has 0 saturated carbocycles. The van der Waals surface area contributed by atoms with Gasteiger partial charge in [-0.15, -0.1) is 0 Å². The quantitative estimate of drug-likeness (QED) is 0.845. The number of hydrogen-bond acceptors (Lipinski definition) is 5. The molecule has 0 aliphatic rings. The Morgan fingerprint density at radius 3 is 2.85 bits per heavy atom. The number of nitrogens with one attached hydrogen (secondary N) is 1. The van der Waals surface area contributed by atoms with E-state index in [0.717, 1.165) is 17.9 Å². The van der Waals surface area contributed by atoms with Crippen LogP contribution in [-0.4, -0.2) is 16.6 Å². The number of anilines is 2. The number of rotatable bonds is 6. The summed E-state index contributed by atoms with van der Waals surface area (Å²) in [4.78, 5) is 8.74. The van der Waals surface area contributed by atoms with Crippen LogP contribution in [0.4, 0.5) is 11.5 Å². The lowest BCUT2D eigenvalue weighted by atomic mass is 10.1. The van der Waals surface area contributed by atoms with Crippen LogP contribution in [0.25, 0.3) is 0 Å². The first-order chi connectivity index (χ1) is 9.74. The first kappa shape index (κ1) is 14.1. The number of nitrogens with two attached hydrogens (primary N) is 1. The normalized spacial score (nSPS) is 10.3. The molecule has 5 heteroatoms. The maximum Gasteiger partial charge on any atom is 0.239 e. The number of hydrogen-bond donors (Lipinski definition) is 2. The second-order valence-electron chi connectivity index (χ2n) is 4.34. The van der Waals surface area contributed by atoms with Gasteiger partial charge in [0, 0.05) is 6.20 Å². The summed E-state index contributed by atoms with van der Waals surface area (Å²) in [6, 6.07) is 7.68. The second-order valence-corrected chi connectivity index (χ2v) is 4.34. The molecule has 0 spiro atoms. The molecule has 3 N–H and O–H groups in total. The maximum absolute atomic E-state index is 5.80. The van der Waals surface area contributed by atoms with Gasteiger partial charge in [0.2, 0.25) is 5.88 Å². The highest BCUT2D eigenvalue weighted by atomic mass is 16.5. The third-order valence-corrected chi connectivity index (χ3v) is 2.97. The van der Waals surface area contributed by atoms with E-state index in [2.05, 4.69) is 28.3 Å². The van der Waals surface area contributed by atoms with Gasteiger partial charge in [-0.05, 0) is 37.1 Å². The second kappa shape index (κ2) is 6.75. The van der Waals surface area contributed by atoms with Crippen molar-refractivity contribution in [3.05, 3.63) is 41.7 Å². The van der Waals surface area contributed by atoms with E-state index >= 15 is 0 Å². The lowest BCUT2D eigenvalue weighted by Crippen LogP contribution is -2.07. The van der Waals surface area contributed by atoms with E-state index in [0.29, 0.717) is 24.7 Å². The zero-order valence-electron chi connectivity index (χ0n) is 11.9. The molecule has 0 aliphatic carbocycles. The summed E-state index contributed by atoms with van der Waals surface area (Å²) in [7, 11) is 0. The largest absolute Gasteiger partial charge is 0.476 e. The zero-order valence-corrected chi connectivity index (χ0v) is 11.9. The molecule has 2 aromatic heterocycles. The highest BCUT2D eigenvalue weighted by Crippen LogP contribution is 2.21. The summed E-state index contributed by atoms with van der Waals surface area (Å²) >= 11 is 0. The molecule has 0 saturated heterocycles. The van der Waals surface area contributed by atoms with Gasteiger partial charge in [-0.1, -0.05) is 13.0 Å². The Hall–Kier alpha value is -2.30. The Bertz CT molecular complexity index is 572. The standard InChI is InChI=1S/C15H20N4O/c1-3-11-6-5-9-17-13(11)10-18-14-8-7-12(16)15(19-14)20-4-2/h5-9H,3-4,10,16H2,1-2H3,(H,18,19). The molecule has 106 valence electrons. The van der Waals surface area contributed by atoms with Gasteiger partial charge in [0.1, 0.15) is 5.82 Å². The van der Waals surface area contributed by atoms with Crippen molar-refractivity contribution in [2.45, 2.75) is 26.8 Å². The van der Waals surface area contributed by atoms with Crippen molar-refractivity contribution in [2.75, 3.05) is 17.7 Å². The van der Waals surface area contributed by atoms with E-state index in [1.807, 2.05) is 19.1 Å².